The number of hydrogen-bond acceptors (Lipinski definition) is 3. The van der Waals surface area contributed by atoms with Crippen LogP contribution in [0.2, 0.25) is 0 Å². The van der Waals surface area contributed by atoms with Gasteiger partial charge < -0.3 is 37.2 Å². The molecule has 2 atom stereocenters. The van der Waals surface area contributed by atoms with Gasteiger partial charge in [-0.15, -0.1) is 11.6 Å². The number of rotatable bonds is 8. The molecule has 0 spiro atoms. The van der Waals surface area contributed by atoms with Gasteiger partial charge in [0.15, 0.2) is 0 Å². The van der Waals surface area contributed by atoms with Crippen LogP contribution >= 0.6 is 11.6 Å². The average molecular weight is 559 g/mol. The summed E-state index contributed by atoms with van der Waals surface area (Å²) in [5.74, 6) is 3.90. The summed E-state index contributed by atoms with van der Waals surface area (Å²) in [6.07, 6.45) is 12.4. The summed E-state index contributed by atoms with van der Waals surface area (Å²) in [6.45, 7) is 19.2. The highest BCUT2D eigenvalue weighted by Crippen LogP contribution is 2.45. The van der Waals surface area contributed by atoms with E-state index in [4.69, 9.17) is 16.7 Å². The minimum atomic E-state index is 0. The van der Waals surface area contributed by atoms with Crippen LogP contribution in [0.4, 0.5) is 0 Å². The van der Waals surface area contributed by atoms with Crippen LogP contribution < -0.4 is 5.32 Å². The quantitative estimate of drug-likeness (QED) is 0.432. The van der Waals surface area contributed by atoms with E-state index in [-0.39, 0.29) is 29.3 Å². The van der Waals surface area contributed by atoms with Gasteiger partial charge in [0.05, 0.1) is 0 Å². The van der Waals surface area contributed by atoms with E-state index in [9.17, 15) is 0 Å². The summed E-state index contributed by atoms with van der Waals surface area (Å²) in [7, 11) is 0. The van der Waals surface area contributed by atoms with E-state index >= 15 is 0 Å². The second-order valence-electron chi connectivity index (χ2n) is 12.6. The molecule has 0 aromatic rings. The molecule has 2 saturated carbocycles. The van der Waals surface area contributed by atoms with E-state index in [0.717, 1.165) is 17.8 Å². The molecule has 1 unspecified atom stereocenters. The fraction of sp³-hybridized carbons (Fsp3) is 1.00. The maximum absolute atomic E-state index is 8.14. The average Bonchev–Trinajstić information content (AvgIpc) is 3.25. The van der Waals surface area contributed by atoms with Crippen molar-refractivity contribution in [3.05, 3.63) is 0 Å². The second-order valence-corrected chi connectivity index (χ2v) is 13.2. The Kier molecular flexibility index (Phi) is 25.9. The zero-order valence-electron chi connectivity index (χ0n) is 24.2. The van der Waals surface area contributed by atoms with E-state index in [2.05, 4.69) is 37.9 Å². The first-order chi connectivity index (χ1) is 15.1. The molecule has 2 aliphatic carbocycles. The monoisotopic (exact) mass is 558 g/mol. The zero-order valence-corrected chi connectivity index (χ0v) is 25.0. The minimum Gasteiger partial charge on any atom is -0.412 e. The first-order valence-electron chi connectivity index (χ1n) is 13.8. The zero-order chi connectivity index (χ0) is 23.7. The third-order valence-electron chi connectivity index (χ3n) is 8.43. The van der Waals surface area contributed by atoms with Gasteiger partial charge in [-0.2, -0.15) is 0 Å². The molecule has 0 bridgehead atoms. The molecule has 1 heterocycles. The van der Waals surface area contributed by atoms with Crippen molar-refractivity contribution in [3.8, 4) is 0 Å². The Labute approximate surface area is 234 Å². The smallest absolute Gasteiger partial charge is 0.0453 e. The molecule has 0 amide bonds. The van der Waals surface area contributed by atoms with Gasteiger partial charge in [0, 0.05) is 31.1 Å². The highest BCUT2D eigenvalue weighted by molar-refractivity contribution is 6.20. The lowest BCUT2D eigenvalue weighted by Crippen LogP contribution is -2.53. The summed E-state index contributed by atoms with van der Waals surface area (Å²) >= 11 is 6.36. The van der Waals surface area contributed by atoms with E-state index < -0.39 is 0 Å². The molecule has 0 aromatic carbocycles. The predicted octanol–water partition coefficient (Wildman–Crippen LogP) is 3.91. The molecule has 3 aliphatic rings. The van der Waals surface area contributed by atoms with Gasteiger partial charge in [-0.05, 0) is 93.0 Å². The largest absolute Gasteiger partial charge is 0.412 e. The lowest BCUT2D eigenvalue weighted by atomic mass is 9.64. The highest BCUT2D eigenvalue weighted by atomic mass is 35.5. The number of likely N-dealkylation sites (tertiary alicyclic amines) is 1. The van der Waals surface area contributed by atoms with Crippen LogP contribution in [0.1, 0.15) is 107 Å². The van der Waals surface area contributed by atoms with Crippen LogP contribution in [-0.2, 0) is 0 Å². The van der Waals surface area contributed by atoms with Gasteiger partial charge in [-0.3, -0.25) is 0 Å². The van der Waals surface area contributed by atoms with Crippen LogP contribution in [0.25, 0.3) is 0 Å². The second kappa shape index (κ2) is 21.8. The Morgan fingerprint density at radius 2 is 1.41 bits per heavy atom. The predicted molar refractivity (Wildman–Crippen MR) is 162 cm³/mol. The maximum atomic E-state index is 8.14. The van der Waals surface area contributed by atoms with Gasteiger partial charge in [0.2, 0.25) is 0 Å². The molecular weight excluding hydrogens is 492 g/mol. The summed E-state index contributed by atoms with van der Waals surface area (Å²) in [5.41, 5.74) is 0.440. The topological polar surface area (TPSA) is 162 Å². The number of nitrogens with zero attached hydrogens (tertiary/aromatic N) is 1. The number of aliphatic hydroxyl groups is 1. The Morgan fingerprint density at radius 3 is 1.84 bits per heavy atom. The standard InChI is InChI=1S/C24H45ClN2.C4H10O.CH4.4H2O/c1-18(2)23(26-15-19-7-5-6-8-19)16-27-14-13-22(24(3,4)17-27)20-9-11-21(25)12-10-20;1-4(2)3-5;;;;;/h18-23,26H,5-17H2,1-4H3;4-5H,3H2,1-2H3;1H4;4*1H2/t20?,21?,22?,23-;;;;;;/m0....../s1. The Bertz CT molecular complexity index is 511. The maximum Gasteiger partial charge on any atom is 0.0453 e. The molecule has 3 rings (SSSR count). The van der Waals surface area contributed by atoms with E-state index in [1.54, 1.807) is 0 Å². The molecule has 37 heavy (non-hydrogen) atoms. The van der Waals surface area contributed by atoms with Crippen molar-refractivity contribution in [2.45, 2.75) is 118 Å². The third-order valence-corrected chi connectivity index (χ3v) is 8.87. The number of piperidine rings is 1. The van der Waals surface area contributed by atoms with E-state index in [1.807, 2.05) is 13.8 Å². The molecule has 1 aliphatic heterocycles. The Balaban J connectivity index is -0.000000499. The van der Waals surface area contributed by atoms with Gasteiger partial charge in [0.25, 0.3) is 0 Å². The van der Waals surface area contributed by atoms with Gasteiger partial charge in [-0.25, -0.2) is 0 Å². The molecular formula is C29H67ClN2O5. The highest BCUT2D eigenvalue weighted by Gasteiger charge is 2.41. The third kappa shape index (κ3) is 15.4. The van der Waals surface area contributed by atoms with Crippen LogP contribution in [0.5, 0.6) is 0 Å². The summed E-state index contributed by atoms with van der Waals surface area (Å²) in [4.78, 5) is 2.77. The summed E-state index contributed by atoms with van der Waals surface area (Å²) in [6, 6.07) is 0.643. The van der Waals surface area contributed by atoms with Crippen molar-refractivity contribution in [1.29, 1.82) is 0 Å². The summed E-state index contributed by atoms with van der Waals surface area (Å²) in [5, 5.41) is 12.5. The van der Waals surface area contributed by atoms with Crippen LogP contribution in [0.3, 0.4) is 0 Å². The van der Waals surface area contributed by atoms with Crippen LogP contribution in [0.15, 0.2) is 0 Å². The first-order valence-corrected chi connectivity index (χ1v) is 14.3. The van der Waals surface area contributed by atoms with Crippen molar-refractivity contribution in [3.63, 3.8) is 0 Å². The number of halogens is 1. The van der Waals surface area contributed by atoms with Crippen molar-refractivity contribution in [2.24, 2.45) is 35.0 Å². The molecule has 1 saturated heterocycles. The molecule has 0 radical (unpaired) electrons. The van der Waals surface area contributed by atoms with Gasteiger partial charge >= 0.3 is 0 Å². The molecule has 3 fully saturated rings. The minimum absolute atomic E-state index is 0. The molecule has 0 aromatic heterocycles. The number of nitrogens with one attached hydrogen (secondary N) is 1. The molecule has 8 heteroatoms. The molecule has 10 N–H and O–H groups in total. The van der Waals surface area contributed by atoms with Crippen molar-refractivity contribution >= 4 is 11.6 Å². The van der Waals surface area contributed by atoms with Crippen LogP contribution in [0, 0.1) is 35.0 Å². The lowest BCUT2D eigenvalue weighted by Gasteiger charge is -2.49. The van der Waals surface area contributed by atoms with Crippen LogP contribution in [-0.4, -0.2) is 76.1 Å². The first kappa shape index (κ1) is 44.0. The number of alkyl halides is 1. The fourth-order valence-corrected chi connectivity index (χ4v) is 6.57. The summed E-state index contributed by atoms with van der Waals surface area (Å²) < 4.78 is 0. The Morgan fingerprint density at radius 1 is 0.892 bits per heavy atom. The van der Waals surface area contributed by atoms with Crippen molar-refractivity contribution < 1.29 is 27.0 Å². The fourth-order valence-electron chi connectivity index (χ4n) is 6.32. The Hall–Kier alpha value is 0.01000. The van der Waals surface area contributed by atoms with Gasteiger partial charge in [0.1, 0.15) is 0 Å². The van der Waals surface area contributed by atoms with Crippen molar-refractivity contribution in [2.75, 3.05) is 32.8 Å². The molecule has 230 valence electrons. The lowest BCUT2D eigenvalue weighted by molar-refractivity contribution is 0.00468. The number of hydrogen-bond donors (Lipinski definition) is 2. The van der Waals surface area contributed by atoms with Gasteiger partial charge in [-0.1, -0.05) is 61.8 Å². The molecule has 7 nitrogen and oxygen atoms in total. The normalized spacial score (nSPS) is 26.3. The van der Waals surface area contributed by atoms with E-state index in [0.29, 0.717) is 35.3 Å². The number of aliphatic hydroxyl groups excluding tert-OH is 1. The SMILES string of the molecule is C.CC(C)CO.CC(C)[C@H](CN1CCC(C2CCC(Cl)CC2)C(C)(C)C1)NCC1CCCC1.O.O.O.O. The van der Waals surface area contributed by atoms with E-state index in [1.165, 1.54) is 84.0 Å². The van der Waals surface area contributed by atoms with Crippen molar-refractivity contribution in [1.82, 2.24) is 10.2 Å².